The molecule has 3 N–H and O–H groups in total. The van der Waals surface area contributed by atoms with Crippen molar-refractivity contribution in [2.45, 2.75) is 33.1 Å². The summed E-state index contributed by atoms with van der Waals surface area (Å²) < 4.78 is 0. The van der Waals surface area contributed by atoms with Gasteiger partial charge in [0.15, 0.2) is 0 Å². The van der Waals surface area contributed by atoms with Crippen LogP contribution >= 0.6 is 0 Å². The maximum absolute atomic E-state index is 11.9. The number of benzene rings is 1. The first-order chi connectivity index (χ1) is 7.66. The highest BCUT2D eigenvalue weighted by atomic mass is 16.1. The number of amides is 1. The van der Waals surface area contributed by atoms with Crippen LogP contribution in [0.1, 0.15) is 42.1 Å². The van der Waals surface area contributed by atoms with Crippen LogP contribution in [0.3, 0.4) is 0 Å². The predicted octanol–water partition coefficient (Wildman–Crippen LogP) is 2.50. The predicted molar refractivity (Wildman–Crippen MR) is 67.4 cm³/mol. The molecule has 0 fully saturated rings. The van der Waals surface area contributed by atoms with Gasteiger partial charge >= 0.3 is 0 Å². The van der Waals surface area contributed by atoms with E-state index in [0.29, 0.717) is 11.3 Å². The molecule has 0 aliphatic heterocycles. The highest BCUT2D eigenvalue weighted by molar-refractivity contribution is 6.00. The summed E-state index contributed by atoms with van der Waals surface area (Å²) in [5.41, 5.74) is 7.88. The van der Waals surface area contributed by atoms with Crippen molar-refractivity contribution in [3.8, 4) is 0 Å². The molecule has 3 nitrogen and oxygen atoms in total. The summed E-state index contributed by atoms with van der Waals surface area (Å²) in [7, 11) is 0. The van der Waals surface area contributed by atoms with E-state index in [4.69, 9.17) is 5.73 Å². The lowest BCUT2D eigenvalue weighted by Gasteiger charge is -2.09. The number of carbonyl (C=O) groups excluding carboxylic acids is 1. The van der Waals surface area contributed by atoms with Crippen LogP contribution in [0.5, 0.6) is 0 Å². The van der Waals surface area contributed by atoms with Crippen molar-refractivity contribution < 1.29 is 4.79 Å². The fourth-order valence-electron chi connectivity index (χ4n) is 1.67. The van der Waals surface area contributed by atoms with E-state index in [1.165, 1.54) is 0 Å². The molecule has 1 aromatic carbocycles. The van der Waals surface area contributed by atoms with Gasteiger partial charge in [-0.2, -0.15) is 0 Å². The highest BCUT2D eigenvalue weighted by Crippen LogP contribution is 2.15. The quantitative estimate of drug-likeness (QED) is 0.591. The van der Waals surface area contributed by atoms with Crippen molar-refractivity contribution in [2.24, 2.45) is 0 Å². The zero-order chi connectivity index (χ0) is 12.0. The van der Waals surface area contributed by atoms with Crippen LogP contribution in [0.15, 0.2) is 18.2 Å². The maximum atomic E-state index is 11.9. The summed E-state index contributed by atoms with van der Waals surface area (Å²) in [4.78, 5) is 11.9. The van der Waals surface area contributed by atoms with Crippen molar-refractivity contribution >= 4 is 11.6 Å². The van der Waals surface area contributed by atoms with Crippen molar-refractivity contribution in [3.05, 3.63) is 29.3 Å². The molecule has 1 aromatic rings. The van der Waals surface area contributed by atoms with Crippen LogP contribution < -0.4 is 11.1 Å². The smallest absolute Gasteiger partial charge is 0.253 e. The van der Waals surface area contributed by atoms with Gasteiger partial charge in [0.05, 0.1) is 5.56 Å². The Hall–Kier alpha value is -1.51. The van der Waals surface area contributed by atoms with Gasteiger partial charge in [0.25, 0.3) is 5.91 Å². The third-order valence-corrected chi connectivity index (χ3v) is 2.60. The van der Waals surface area contributed by atoms with Crippen molar-refractivity contribution in [2.75, 3.05) is 12.3 Å². The van der Waals surface area contributed by atoms with E-state index in [-0.39, 0.29) is 5.91 Å². The van der Waals surface area contributed by atoms with Gasteiger partial charge in [-0.3, -0.25) is 4.79 Å². The minimum Gasteiger partial charge on any atom is -0.398 e. The Morgan fingerprint density at radius 1 is 1.38 bits per heavy atom. The Morgan fingerprint density at radius 3 is 2.75 bits per heavy atom. The van der Waals surface area contributed by atoms with E-state index in [9.17, 15) is 4.79 Å². The second kappa shape index (κ2) is 6.16. The third kappa shape index (κ3) is 3.26. The van der Waals surface area contributed by atoms with Crippen molar-refractivity contribution in [3.63, 3.8) is 0 Å². The van der Waals surface area contributed by atoms with Crippen LogP contribution in [0.25, 0.3) is 0 Å². The average Bonchev–Trinajstić information content (AvgIpc) is 2.24. The standard InChI is InChI=1S/C13H20N2O/c1-3-4-5-9-15-13(16)12-10(2)7-6-8-11(12)14/h6-8H,3-5,9,14H2,1-2H3,(H,15,16). The molecule has 1 rings (SSSR count). The number of nitrogens with two attached hydrogens (primary N) is 1. The number of hydrogen-bond acceptors (Lipinski definition) is 2. The maximum Gasteiger partial charge on any atom is 0.253 e. The highest BCUT2D eigenvalue weighted by Gasteiger charge is 2.11. The number of anilines is 1. The second-order valence-electron chi connectivity index (χ2n) is 4.00. The van der Waals surface area contributed by atoms with Gasteiger partial charge < -0.3 is 11.1 Å². The summed E-state index contributed by atoms with van der Waals surface area (Å²) in [5.74, 6) is -0.0632. The summed E-state index contributed by atoms with van der Waals surface area (Å²) in [6.45, 7) is 4.76. The van der Waals surface area contributed by atoms with Gasteiger partial charge in [-0.25, -0.2) is 0 Å². The van der Waals surface area contributed by atoms with Gasteiger partial charge in [0.2, 0.25) is 0 Å². The SMILES string of the molecule is CCCCCNC(=O)c1c(C)cccc1N. The molecule has 0 aromatic heterocycles. The summed E-state index contributed by atoms with van der Waals surface area (Å²) in [6, 6.07) is 5.52. The molecule has 0 spiro atoms. The minimum absolute atomic E-state index is 0.0632. The van der Waals surface area contributed by atoms with Gasteiger partial charge in [-0.15, -0.1) is 0 Å². The first kappa shape index (κ1) is 12.6. The first-order valence-corrected chi connectivity index (χ1v) is 5.80. The lowest BCUT2D eigenvalue weighted by Crippen LogP contribution is -2.26. The monoisotopic (exact) mass is 220 g/mol. The fraction of sp³-hybridized carbons (Fsp3) is 0.462. The number of nitrogens with one attached hydrogen (secondary N) is 1. The molecule has 0 saturated heterocycles. The van der Waals surface area contributed by atoms with Crippen molar-refractivity contribution in [1.82, 2.24) is 5.32 Å². The number of hydrogen-bond donors (Lipinski definition) is 2. The molecule has 0 atom stereocenters. The molecule has 88 valence electrons. The molecule has 3 heteroatoms. The van der Waals surface area contributed by atoms with E-state index in [0.717, 1.165) is 31.4 Å². The molecule has 0 saturated carbocycles. The second-order valence-corrected chi connectivity index (χ2v) is 4.00. The molecule has 0 unspecified atom stereocenters. The van der Waals surface area contributed by atoms with E-state index in [2.05, 4.69) is 12.2 Å². The number of carbonyl (C=O) groups is 1. The van der Waals surface area contributed by atoms with Crippen LogP contribution in [-0.2, 0) is 0 Å². The first-order valence-electron chi connectivity index (χ1n) is 5.80. The van der Waals surface area contributed by atoms with Gasteiger partial charge in [-0.05, 0) is 25.0 Å². The summed E-state index contributed by atoms with van der Waals surface area (Å²) in [5, 5.41) is 2.90. The Kier molecular flexibility index (Phi) is 4.83. The van der Waals surface area contributed by atoms with Crippen LogP contribution in [0.4, 0.5) is 5.69 Å². The molecule has 0 radical (unpaired) electrons. The largest absolute Gasteiger partial charge is 0.398 e. The molecule has 16 heavy (non-hydrogen) atoms. The zero-order valence-corrected chi connectivity index (χ0v) is 10.0. The Morgan fingerprint density at radius 2 is 2.12 bits per heavy atom. The van der Waals surface area contributed by atoms with Crippen LogP contribution in [0, 0.1) is 6.92 Å². The Bertz CT molecular complexity index is 341. The lowest BCUT2D eigenvalue weighted by atomic mass is 10.1. The molecule has 0 bridgehead atoms. The molecular weight excluding hydrogens is 200 g/mol. The number of rotatable bonds is 5. The van der Waals surface area contributed by atoms with E-state index in [1.54, 1.807) is 6.07 Å². The molecule has 0 heterocycles. The molecular formula is C13H20N2O. The van der Waals surface area contributed by atoms with Gasteiger partial charge in [-0.1, -0.05) is 31.9 Å². The number of nitrogen functional groups attached to an aromatic ring is 1. The van der Waals surface area contributed by atoms with Crippen LogP contribution in [-0.4, -0.2) is 12.5 Å². The summed E-state index contributed by atoms with van der Waals surface area (Å²) >= 11 is 0. The van der Waals surface area contributed by atoms with Gasteiger partial charge in [0.1, 0.15) is 0 Å². The molecule has 0 aliphatic rings. The third-order valence-electron chi connectivity index (χ3n) is 2.60. The summed E-state index contributed by atoms with van der Waals surface area (Å²) in [6.07, 6.45) is 3.32. The molecule has 1 amide bonds. The molecule has 0 aliphatic carbocycles. The normalized spacial score (nSPS) is 10.1. The number of unbranched alkanes of at least 4 members (excludes halogenated alkanes) is 2. The Labute approximate surface area is 97.0 Å². The average molecular weight is 220 g/mol. The lowest BCUT2D eigenvalue weighted by molar-refractivity contribution is 0.0953. The van der Waals surface area contributed by atoms with E-state index < -0.39 is 0 Å². The van der Waals surface area contributed by atoms with E-state index in [1.807, 2.05) is 19.1 Å². The van der Waals surface area contributed by atoms with Crippen molar-refractivity contribution in [1.29, 1.82) is 0 Å². The zero-order valence-electron chi connectivity index (χ0n) is 10.0. The van der Waals surface area contributed by atoms with Crippen LogP contribution in [0.2, 0.25) is 0 Å². The Balaban J connectivity index is 2.59. The number of aryl methyl sites for hydroxylation is 1. The minimum atomic E-state index is -0.0632. The van der Waals surface area contributed by atoms with E-state index >= 15 is 0 Å². The topological polar surface area (TPSA) is 55.1 Å². The fourth-order valence-corrected chi connectivity index (χ4v) is 1.67. The van der Waals surface area contributed by atoms with Gasteiger partial charge in [0, 0.05) is 12.2 Å².